The third-order valence-corrected chi connectivity index (χ3v) is 5.98. The van der Waals surface area contributed by atoms with Crippen molar-refractivity contribution in [2.45, 2.75) is 64.0 Å². The van der Waals surface area contributed by atoms with Crippen molar-refractivity contribution in [3.63, 3.8) is 0 Å². The monoisotopic (exact) mass is 410 g/mol. The van der Waals surface area contributed by atoms with Crippen molar-refractivity contribution in [3.8, 4) is 11.5 Å². The van der Waals surface area contributed by atoms with Gasteiger partial charge in [0.2, 0.25) is 0 Å². The topological polar surface area (TPSA) is 99.1 Å². The van der Waals surface area contributed by atoms with Crippen LogP contribution in [0.25, 0.3) is 0 Å². The molecule has 154 valence electrons. The molecule has 2 fully saturated rings. The molecule has 1 saturated heterocycles. The lowest BCUT2D eigenvalue weighted by atomic mass is 9.90. The summed E-state index contributed by atoms with van der Waals surface area (Å²) < 4.78 is 5.45. The summed E-state index contributed by atoms with van der Waals surface area (Å²) in [7, 11) is 0. The van der Waals surface area contributed by atoms with Crippen molar-refractivity contribution in [1.29, 1.82) is 0 Å². The molecule has 2 aliphatic rings. The van der Waals surface area contributed by atoms with E-state index in [-0.39, 0.29) is 16.8 Å². The number of phenols is 2. The molecule has 1 aromatic carbocycles. The summed E-state index contributed by atoms with van der Waals surface area (Å²) >= 11 is 5.93. The number of nitrogens with one attached hydrogen (secondary N) is 1. The number of imide groups is 1. The van der Waals surface area contributed by atoms with Gasteiger partial charge in [-0.25, -0.2) is 14.5 Å². The lowest BCUT2D eigenvalue weighted by molar-refractivity contribution is 0.0665. The fraction of sp³-hybridized carbons (Fsp3) is 0.600. The van der Waals surface area contributed by atoms with Crippen LogP contribution in [-0.2, 0) is 4.74 Å². The normalized spacial score (nSPS) is 23.4. The van der Waals surface area contributed by atoms with Crippen LogP contribution in [0.1, 0.15) is 63.5 Å². The number of rotatable bonds is 4. The second kappa shape index (κ2) is 8.90. The quantitative estimate of drug-likeness (QED) is 0.624. The summed E-state index contributed by atoms with van der Waals surface area (Å²) in [5, 5.41) is 22.2. The molecule has 1 aromatic rings. The van der Waals surface area contributed by atoms with Gasteiger partial charge in [0, 0.05) is 6.04 Å². The van der Waals surface area contributed by atoms with Crippen molar-refractivity contribution in [3.05, 3.63) is 22.7 Å². The van der Waals surface area contributed by atoms with Gasteiger partial charge in [-0.1, -0.05) is 37.8 Å². The molecule has 0 spiro atoms. The van der Waals surface area contributed by atoms with Gasteiger partial charge in [0.15, 0.2) is 11.5 Å². The highest BCUT2D eigenvalue weighted by Gasteiger charge is 2.38. The van der Waals surface area contributed by atoms with E-state index in [2.05, 4.69) is 5.32 Å². The molecule has 7 nitrogen and oxygen atoms in total. The van der Waals surface area contributed by atoms with Crippen LogP contribution in [0.15, 0.2) is 12.1 Å². The Kier molecular flexibility index (Phi) is 6.54. The lowest BCUT2D eigenvalue weighted by Gasteiger charge is -2.38. The molecular formula is C20H27ClN2O5. The first-order chi connectivity index (χ1) is 13.4. The molecule has 3 N–H and O–H groups in total. The van der Waals surface area contributed by atoms with Crippen molar-refractivity contribution in [2.75, 3.05) is 6.61 Å². The number of amides is 3. The molecule has 8 heteroatoms. The van der Waals surface area contributed by atoms with E-state index < -0.39 is 23.9 Å². The first-order valence-corrected chi connectivity index (χ1v) is 10.3. The Balaban J connectivity index is 1.67. The number of ether oxygens (including phenoxy) is 1. The second-order valence-corrected chi connectivity index (χ2v) is 8.03. The fourth-order valence-electron chi connectivity index (χ4n) is 4.04. The second-order valence-electron chi connectivity index (χ2n) is 7.62. The van der Waals surface area contributed by atoms with Crippen LogP contribution in [-0.4, -0.2) is 39.9 Å². The van der Waals surface area contributed by atoms with Gasteiger partial charge in [-0.05, 0) is 49.3 Å². The van der Waals surface area contributed by atoms with Crippen LogP contribution in [0, 0.1) is 5.92 Å². The van der Waals surface area contributed by atoms with Gasteiger partial charge >= 0.3 is 12.1 Å². The molecule has 3 amide bonds. The number of halogens is 1. The first kappa shape index (κ1) is 20.6. The van der Waals surface area contributed by atoms with E-state index in [0.717, 1.165) is 30.6 Å². The summed E-state index contributed by atoms with van der Waals surface area (Å²) in [5.41, 5.74) is 0.572. The summed E-state index contributed by atoms with van der Waals surface area (Å²) in [6.45, 7) is 2.26. The van der Waals surface area contributed by atoms with E-state index in [9.17, 15) is 19.8 Å². The van der Waals surface area contributed by atoms with Crippen molar-refractivity contribution >= 4 is 23.7 Å². The van der Waals surface area contributed by atoms with E-state index in [1.165, 1.54) is 18.6 Å². The molecule has 1 saturated carbocycles. The predicted molar refractivity (Wildman–Crippen MR) is 105 cm³/mol. The van der Waals surface area contributed by atoms with E-state index in [1.54, 1.807) is 0 Å². The van der Waals surface area contributed by atoms with Gasteiger partial charge in [0.25, 0.3) is 0 Å². The van der Waals surface area contributed by atoms with Crippen LogP contribution in [0.4, 0.5) is 9.59 Å². The SMILES string of the molecule is CCC1CC(c2cc(O)c(O)c(Cl)c2)NC(=O)N1C(=O)OCC1CCCCC1. The number of hydrogen-bond acceptors (Lipinski definition) is 5. The minimum absolute atomic E-state index is 0.00613. The molecule has 28 heavy (non-hydrogen) atoms. The third kappa shape index (κ3) is 4.46. The number of urea groups is 1. The van der Waals surface area contributed by atoms with E-state index in [4.69, 9.17) is 16.3 Å². The number of hydrogen-bond donors (Lipinski definition) is 3. The number of aromatic hydroxyl groups is 2. The van der Waals surface area contributed by atoms with E-state index in [0.29, 0.717) is 30.9 Å². The smallest absolute Gasteiger partial charge is 0.418 e. The lowest BCUT2D eigenvalue weighted by Crippen LogP contribution is -2.56. The first-order valence-electron chi connectivity index (χ1n) is 9.88. The number of phenolic OH excluding ortho intramolecular Hbond substituents is 2. The predicted octanol–water partition coefficient (Wildman–Crippen LogP) is 4.70. The Morgan fingerprint density at radius 2 is 2.00 bits per heavy atom. The highest BCUT2D eigenvalue weighted by atomic mass is 35.5. The maximum absolute atomic E-state index is 12.6. The Bertz CT molecular complexity index is 712. The Labute approximate surface area is 169 Å². The molecule has 1 heterocycles. The molecule has 1 aliphatic heterocycles. The average molecular weight is 411 g/mol. The van der Waals surface area contributed by atoms with Gasteiger partial charge in [-0.15, -0.1) is 0 Å². The van der Waals surface area contributed by atoms with Gasteiger partial charge in [-0.2, -0.15) is 0 Å². The summed E-state index contributed by atoms with van der Waals surface area (Å²) in [6, 6.07) is 1.60. The zero-order chi connectivity index (χ0) is 20.3. The highest BCUT2D eigenvalue weighted by Crippen LogP contribution is 2.38. The molecule has 0 bridgehead atoms. The third-order valence-electron chi connectivity index (χ3n) is 5.69. The van der Waals surface area contributed by atoms with Crippen LogP contribution >= 0.6 is 11.6 Å². The van der Waals surface area contributed by atoms with Crippen LogP contribution in [0.3, 0.4) is 0 Å². The molecule has 2 atom stereocenters. The average Bonchev–Trinajstić information content (AvgIpc) is 2.69. The molecule has 0 aromatic heterocycles. The van der Waals surface area contributed by atoms with E-state index >= 15 is 0 Å². The zero-order valence-corrected chi connectivity index (χ0v) is 16.7. The van der Waals surface area contributed by atoms with Crippen molar-refractivity contribution < 1.29 is 24.5 Å². The Morgan fingerprint density at radius 1 is 1.29 bits per heavy atom. The Morgan fingerprint density at radius 3 is 2.64 bits per heavy atom. The fourth-order valence-corrected chi connectivity index (χ4v) is 4.26. The van der Waals surface area contributed by atoms with E-state index in [1.807, 2.05) is 6.92 Å². The van der Waals surface area contributed by atoms with Crippen LogP contribution < -0.4 is 5.32 Å². The van der Waals surface area contributed by atoms with Crippen molar-refractivity contribution in [1.82, 2.24) is 10.2 Å². The number of carbonyl (C=O) groups excluding carboxylic acids is 2. The van der Waals surface area contributed by atoms with Gasteiger partial charge in [-0.3, -0.25) is 0 Å². The van der Waals surface area contributed by atoms with Crippen LogP contribution in [0.5, 0.6) is 11.5 Å². The summed E-state index contributed by atoms with van der Waals surface area (Å²) in [4.78, 5) is 26.4. The van der Waals surface area contributed by atoms with Gasteiger partial charge in [0.1, 0.15) is 0 Å². The highest BCUT2D eigenvalue weighted by molar-refractivity contribution is 6.32. The molecule has 0 radical (unpaired) electrons. The molecule has 1 aliphatic carbocycles. The number of benzene rings is 1. The number of carbonyl (C=O) groups is 2. The van der Waals surface area contributed by atoms with Gasteiger partial charge in [0.05, 0.1) is 17.7 Å². The Hall–Kier alpha value is -2.15. The standard InChI is InChI=1S/C20H27ClN2O5/c1-2-14-10-16(13-8-15(21)18(25)17(24)9-13)22-19(26)23(14)20(27)28-11-12-6-4-3-5-7-12/h8-9,12,14,16,24-25H,2-7,10-11H2,1H3,(H,22,26). The zero-order valence-electron chi connectivity index (χ0n) is 16.0. The van der Waals surface area contributed by atoms with Gasteiger partial charge < -0.3 is 20.3 Å². The summed E-state index contributed by atoms with van der Waals surface area (Å²) in [5.74, 6) is -0.368. The molecule has 3 rings (SSSR count). The van der Waals surface area contributed by atoms with Crippen LogP contribution in [0.2, 0.25) is 5.02 Å². The number of nitrogens with zero attached hydrogens (tertiary/aromatic N) is 1. The largest absolute Gasteiger partial charge is 0.504 e. The maximum Gasteiger partial charge on any atom is 0.418 e. The minimum Gasteiger partial charge on any atom is -0.504 e. The summed E-state index contributed by atoms with van der Waals surface area (Å²) in [6.07, 6.45) is 6.10. The minimum atomic E-state index is -0.611. The van der Waals surface area contributed by atoms with Crippen molar-refractivity contribution in [2.24, 2.45) is 5.92 Å². The molecule has 2 unspecified atom stereocenters. The maximum atomic E-state index is 12.6. The molecular weight excluding hydrogens is 384 g/mol.